The SMILES string of the molecule is CC[C@H]1OC(=O)[C@H](C)[C@@H](O)[C@H](C)[C@@H](O[C@H]2C[C@@H](N(C)C)C[C@@H](C)O2)[C@](C)(OC)C[C@@H](C)/C=C(/C)[C@@H](CC=O)[C@]1(C)O. The van der Waals surface area contributed by atoms with Crippen LogP contribution >= 0.6 is 0 Å². The molecular formula is C32H57NO8. The topological polar surface area (TPSA) is 115 Å². The summed E-state index contributed by atoms with van der Waals surface area (Å²) in [6, 6.07) is 0.281. The second-order valence-corrected chi connectivity index (χ2v) is 13.3. The minimum absolute atomic E-state index is 0.000573. The van der Waals surface area contributed by atoms with Gasteiger partial charge in [-0.3, -0.25) is 4.79 Å². The van der Waals surface area contributed by atoms with Gasteiger partial charge in [0.2, 0.25) is 0 Å². The van der Waals surface area contributed by atoms with Gasteiger partial charge in [0.1, 0.15) is 18.0 Å². The summed E-state index contributed by atoms with van der Waals surface area (Å²) in [6.45, 7) is 14.9. The number of aldehydes is 1. The van der Waals surface area contributed by atoms with Crippen LogP contribution in [0.25, 0.3) is 0 Å². The van der Waals surface area contributed by atoms with Crippen LogP contribution in [0.5, 0.6) is 0 Å². The second-order valence-electron chi connectivity index (χ2n) is 13.3. The molecular weight excluding hydrogens is 526 g/mol. The van der Waals surface area contributed by atoms with Crippen molar-refractivity contribution in [3.8, 4) is 0 Å². The van der Waals surface area contributed by atoms with Crippen LogP contribution in [-0.4, -0.2) is 96.5 Å². The molecule has 0 amide bonds. The highest BCUT2D eigenvalue weighted by Crippen LogP contribution is 2.40. The molecule has 12 atom stereocenters. The molecule has 0 saturated carbocycles. The number of cyclic esters (lactones) is 1. The molecule has 0 spiro atoms. The van der Waals surface area contributed by atoms with Crippen LogP contribution in [-0.2, 0) is 28.5 Å². The van der Waals surface area contributed by atoms with Gasteiger partial charge in [0, 0.05) is 37.8 Å². The van der Waals surface area contributed by atoms with Crippen molar-refractivity contribution in [2.75, 3.05) is 21.2 Å². The van der Waals surface area contributed by atoms with Crippen molar-refractivity contribution in [3.63, 3.8) is 0 Å². The molecule has 2 aliphatic rings. The first-order chi connectivity index (χ1) is 19.0. The summed E-state index contributed by atoms with van der Waals surface area (Å²) < 4.78 is 25.0. The van der Waals surface area contributed by atoms with E-state index in [1.54, 1.807) is 21.0 Å². The van der Waals surface area contributed by atoms with Crippen molar-refractivity contribution < 1.29 is 38.7 Å². The normalized spacial score (nSPS) is 44.9. The van der Waals surface area contributed by atoms with Crippen molar-refractivity contribution in [2.45, 2.75) is 135 Å². The molecule has 0 aromatic rings. The molecule has 0 aliphatic carbocycles. The van der Waals surface area contributed by atoms with Gasteiger partial charge in [-0.25, -0.2) is 0 Å². The van der Waals surface area contributed by atoms with Crippen LogP contribution in [0.4, 0.5) is 0 Å². The monoisotopic (exact) mass is 583 g/mol. The number of nitrogens with zero attached hydrogens (tertiary/aromatic N) is 1. The third-order valence-electron chi connectivity index (χ3n) is 9.59. The highest BCUT2D eigenvalue weighted by atomic mass is 16.7. The van der Waals surface area contributed by atoms with Crippen molar-refractivity contribution in [2.24, 2.45) is 23.7 Å². The van der Waals surface area contributed by atoms with Crippen molar-refractivity contribution in [1.29, 1.82) is 0 Å². The minimum atomic E-state index is -1.49. The van der Waals surface area contributed by atoms with E-state index in [1.165, 1.54) is 0 Å². The van der Waals surface area contributed by atoms with E-state index in [2.05, 4.69) is 32.0 Å². The van der Waals surface area contributed by atoms with Gasteiger partial charge in [0.25, 0.3) is 0 Å². The molecule has 2 aliphatic heterocycles. The van der Waals surface area contributed by atoms with Crippen LogP contribution in [0.15, 0.2) is 11.6 Å². The highest BCUT2D eigenvalue weighted by molar-refractivity contribution is 5.73. The van der Waals surface area contributed by atoms with E-state index in [0.717, 1.165) is 18.3 Å². The van der Waals surface area contributed by atoms with E-state index in [9.17, 15) is 19.8 Å². The van der Waals surface area contributed by atoms with Gasteiger partial charge < -0.3 is 38.9 Å². The van der Waals surface area contributed by atoms with E-state index in [4.69, 9.17) is 18.9 Å². The molecule has 2 N–H and O–H groups in total. The Bertz CT molecular complexity index is 891. The number of aliphatic hydroxyl groups is 2. The zero-order chi connectivity index (χ0) is 31.3. The average molecular weight is 584 g/mol. The lowest BCUT2D eigenvalue weighted by molar-refractivity contribution is -0.270. The zero-order valence-corrected chi connectivity index (χ0v) is 27.3. The Morgan fingerprint density at radius 3 is 2.34 bits per heavy atom. The molecule has 41 heavy (non-hydrogen) atoms. The smallest absolute Gasteiger partial charge is 0.311 e. The average Bonchev–Trinajstić information content (AvgIpc) is 2.90. The van der Waals surface area contributed by atoms with Gasteiger partial charge in [-0.05, 0) is 73.9 Å². The van der Waals surface area contributed by atoms with E-state index < -0.39 is 59.5 Å². The summed E-state index contributed by atoms with van der Waals surface area (Å²) in [5.41, 5.74) is -1.51. The van der Waals surface area contributed by atoms with Crippen molar-refractivity contribution in [3.05, 3.63) is 11.6 Å². The number of hydrogen-bond donors (Lipinski definition) is 2. The highest BCUT2D eigenvalue weighted by Gasteiger charge is 2.48. The van der Waals surface area contributed by atoms with Gasteiger partial charge in [-0.2, -0.15) is 0 Å². The molecule has 0 unspecified atom stereocenters. The molecule has 0 radical (unpaired) electrons. The largest absolute Gasteiger partial charge is 0.459 e. The molecule has 1 saturated heterocycles. The fourth-order valence-corrected chi connectivity index (χ4v) is 6.99. The maximum Gasteiger partial charge on any atom is 0.311 e. The number of methoxy groups -OCH3 is 1. The van der Waals surface area contributed by atoms with Crippen molar-refractivity contribution >= 4 is 12.3 Å². The van der Waals surface area contributed by atoms with Gasteiger partial charge >= 0.3 is 5.97 Å². The Balaban J connectivity index is 2.61. The molecule has 9 nitrogen and oxygen atoms in total. The predicted octanol–water partition coefficient (Wildman–Crippen LogP) is 4.13. The maximum atomic E-state index is 13.4. The molecule has 1 fully saturated rings. The molecule has 0 aromatic carbocycles. The number of rotatable bonds is 7. The lowest BCUT2D eigenvalue weighted by atomic mass is 9.74. The number of allylic oxidation sites excluding steroid dienone is 1. The maximum absolute atomic E-state index is 13.4. The first-order valence-electron chi connectivity index (χ1n) is 15.3. The van der Waals surface area contributed by atoms with Crippen LogP contribution in [0.2, 0.25) is 0 Å². The summed E-state index contributed by atoms with van der Waals surface area (Å²) in [5, 5.41) is 23.2. The molecule has 0 bridgehead atoms. The van der Waals surface area contributed by atoms with E-state index in [-0.39, 0.29) is 24.5 Å². The molecule has 2 rings (SSSR count). The number of carbonyl (C=O) groups excluding carboxylic acids is 2. The van der Waals surface area contributed by atoms with Crippen LogP contribution in [0.1, 0.15) is 87.5 Å². The Labute approximate surface area is 247 Å². The van der Waals surface area contributed by atoms with E-state index in [0.29, 0.717) is 19.3 Å². The summed E-state index contributed by atoms with van der Waals surface area (Å²) in [5.74, 6) is -2.61. The van der Waals surface area contributed by atoms with E-state index >= 15 is 0 Å². The Hall–Kier alpha value is -1.36. The fourth-order valence-electron chi connectivity index (χ4n) is 6.99. The summed E-state index contributed by atoms with van der Waals surface area (Å²) in [4.78, 5) is 27.3. The zero-order valence-electron chi connectivity index (χ0n) is 27.3. The van der Waals surface area contributed by atoms with Crippen LogP contribution < -0.4 is 0 Å². The van der Waals surface area contributed by atoms with Gasteiger partial charge in [0.05, 0.1) is 29.8 Å². The Kier molecular flexibility index (Phi) is 13.0. The number of aliphatic hydroxyl groups excluding tert-OH is 1. The lowest BCUT2D eigenvalue weighted by Gasteiger charge is -2.46. The quantitative estimate of drug-likeness (QED) is 0.259. The molecule has 2 heterocycles. The number of carbonyl (C=O) groups is 2. The third kappa shape index (κ3) is 8.61. The number of esters is 1. The lowest BCUT2D eigenvalue weighted by Crippen LogP contribution is -2.55. The summed E-state index contributed by atoms with van der Waals surface area (Å²) in [6.07, 6.45) is 2.29. The second kappa shape index (κ2) is 14.9. The number of ether oxygens (including phenoxy) is 4. The van der Waals surface area contributed by atoms with Gasteiger partial charge in [0.15, 0.2) is 6.29 Å². The van der Waals surface area contributed by atoms with Crippen LogP contribution in [0, 0.1) is 23.7 Å². The first-order valence-corrected chi connectivity index (χ1v) is 15.3. The molecule has 9 heteroatoms. The Morgan fingerprint density at radius 2 is 1.80 bits per heavy atom. The molecule has 0 aromatic heterocycles. The third-order valence-corrected chi connectivity index (χ3v) is 9.59. The minimum Gasteiger partial charge on any atom is -0.459 e. The number of hydrogen-bond acceptors (Lipinski definition) is 9. The summed E-state index contributed by atoms with van der Waals surface area (Å²) in [7, 11) is 5.74. The Morgan fingerprint density at radius 1 is 1.17 bits per heavy atom. The van der Waals surface area contributed by atoms with Crippen LogP contribution in [0.3, 0.4) is 0 Å². The fraction of sp³-hybridized carbons (Fsp3) is 0.875. The van der Waals surface area contributed by atoms with E-state index in [1.807, 2.05) is 34.6 Å². The van der Waals surface area contributed by atoms with Gasteiger partial charge in [-0.15, -0.1) is 0 Å². The molecule has 238 valence electrons. The predicted molar refractivity (Wildman–Crippen MR) is 158 cm³/mol. The van der Waals surface area contributed by atoms with Gasteiger partial charge in [-0.1, -0.05) is 32.4 Å². The standard InChI is InChI=1S/C32H57NO8/c1-12-26-32(8,37)25(13-14-34)20(3)15-19(2)18-31(7,38-11)29(22(5)28(35)23(6)30(36)40-26)41-27-17-24(33(9)10)16-21(4)39-27/h14-15,19,21-29,35,37H,12-13,16-18H2,1-11H3/b20-15-/t19-,21+,22-,23+,24-,25+,26+,27-,28-,29+,31+,32-/m0/s1. The van der Waals surface area contributed by atoms with Crippen molar-refractivity contribution in [1.82, 2.24) is 4.90 Å². The summed E-state index contributed by atoms with van der Waals surface area (Å²) >= 11 is 0. The first kappa shape index (κ1) is 35.8.